The SMILES string of the molecule is Cc1ccc(C)c(S(=O)(=O)N(CC(=O)N2CCNCC2)C2CCN(Cc3ccccc3)CC2)c1. The first-order valence-electron chi connectivity index (χ1n) is 12.2. The van der Waals surface area contributed by atoms with Gasteiger partial charge in [-0.1, -0.05) is 42.5 Å². The molecule has 8 heteroatoms. The van der Waals surface area contributed by atoms with Crippen molar-refractivity contribution in [3.8, 4) is 0 Å². The number of piperidine rings is 1. The molecule has 2 aromatic carbocycles. The molecule has 0 spiro atoms. The van der Waals surface area contributed by atoms with Gasteiger partial charge in [-0.2, -0.15) is 4.31 Å². The van der Waals surface area contributed by atoms with Gasteiger partial charge in [-0.15, -0.1) is 0 Å². The fraction of sp³-hybridized carbons (Fsp3) is 0.500. The summed E-state index contributed by atoms with van der Waals surface area (Å²) in [4.78, 5) is 17.6. The average Bonchev–Trinajstić information content (AvgIpc) is 2.85. The van der Waals surface area contributed by atoms with E-state index in [4.69, 9.17) is 0 Å². The molecule has 0 bridgehead atoms. The van der Waals surface area contributed by atoms with Gasteiger partial charge < -0.3 is 10.2 Å². The van der Waals surface area contributed by atoms with Crippen LogP contribution in [0.4, 0.5) is 0 Å². The van der Waals surface area contributed by atoms with E-state index in [1.165, 1.54) is 9.87 Å². The Balaban J connectivity index is 1.54. The summed E-state index contributed by atoms with van der Waals surface area (Å²) in [5.41, 5.74) is 2.87. The van der Waals surface area contributed by atoms with Crippen LogP contribution >= 0.6 is 0 Å². The number of nitrogens with zero attached hydrogens (tertiary/aromatic N) is 3. The fourth-order valence-electron chi connectivity index (χ4n) is 4.88. The number of hydrogen-bond acceptors (Lipinski definition) is 5. The molecule has 0 aliphatic carbocycles. The van der Waals surface area contributed by atoms with E-state index in [1.807, 2.05) is 44.2 Å². The van der Waals surface area contributed by atoms with Crippen LogP contribution in [-0.4, -0.2) is 80.3 Å². The molecule has 0 saturated carbocycles. The Morgan fingerprint density at radius 3 is 2.35 bits per heavy atom. The summed E-state index contributed by atoms with van der Waals surface area (Å²) in [5.74, 6) is -0.109. The first-order chi connectivity index (χ1) is 16.3. The van der Waals surface area contributed by atoms with E-state index < -0.39 is 10.0 Å². The number of sulfonamides is 1. The van der Waals surface area contributed by atoms with Gasteiger partial charge in [-0.05, 0) is 49.4 Å². The zero-order chi connectivity index (χ0) is 24.1. The van der Waals surface area contributed by atoms with E-state index in [2.05, 4.69) is 22.3 Å². The van der Waals surface area contributed by atoms with Gasteiger partial charge in [0.05, 0.1) is 11.4 Å². The lowest BCUT2D eigenvalue weighted by Gasteiger charge is -2.39. The highest BCUT2D eigenvalue weighted by Crippen LogP contribution is 2.27. The lowest BCUT2D eigenvalue weighted by molar-refractivity contribution is -0.132. The van der Waals surface area contributed by atoms with Crippen molar-refractivity contribution in [3.63, 3.8) is 0 Å². The van der Waals surface area contributed by atoms with Crippen LogP contribution in [-0.2, 0) is 21.4 Å². The largest absolute Gasteiger partial charge is 0.339 e. The highest BCUT2D eigenvalue weighted by molar-refractivity contribution is 7.89. The molecule has 1 N–H and O–H groups in total. The molecule has 2 aromatic rings. The molecule has 4 rings (SSSR count). The highest BCUT2D eigenvalue weighted by atomic mass is 32.2. The van der Waals surface area contributed by atoms with Crippen molar-refractivity contribution >= 4 is 15.9 Å². The first-order valence-corrected chi connectivity index (χ1v) is 13.6. The van der Waals surface area contributed by atoms with Crippen molar-refractivity contribution in [1.82, 2.24) is 19.4 Å². The maximum absolute atomic E-state index is 13.9. The molecule has 2 heterocycles. The van der Waals surface area contributed by atoms with E-state index in [0.717, 1.165) is 38.3 Å². The van der Waals surface area contributed by atoms with Crippen LogP contribution in [0.3, 0.4) is 0 Å². The number of likely N-dealkylation sites (tertiary alicyclic amines) is 1. The molecule has 2 aliphatic rings. The number of piperazine rings is 1. The van der Waals surface area contributed by atoms with Crippen LogP contribution in [0.15, 0.2) is 53.4 Å². The second-order valence-corrected chi connectivity index (χ2v) is 11.3. The number of carbonyl (C=O) groups excluding carboxylic acids is 1. The molecule has 2 aliphatic heterocycles. The zero-order valence-electron chi connectivity index (χ0n) is 20.2. The summed E-state index contributed by atoms with van der Waals surface area (Å²) < 4.78 is 29.3. The monoisotopic (exact) mass is 484 g/mol. The van der Waals surface area contributed by atoms with Gasteiger partial charge >= 0.3 is 0 Å². The van der Waals surface area contributed by atoms with Gasteiger partial charge in [0.2, 0.25) is 15.9 Å². The van der Waals surface area contributed by atoms with Crippen molar-refractivity contribution in [2.24, 2.45) is 0 Å². The number of amides is 1. The third kappa shape index (κ3) is 5.86. The van der Waals surface area contributed by atoms with Crippen molar-refractivity contribution in [2.75, 3.05) is 45.8 Å². The average molecular weight is 485 g/mol. The Kier molecular flexibility index (Phi) is 8.03. The topological polar surface area (TPSA) is 73.0 Å². The Labute approximate surface area is 203 Å². The minimum absolute atomic E-state index is 0.0981. The minimum atomic E-state index is -3.81. The predicted octanol–water partition coefficient (Wildman–Crippen LogP) is 2.39. The third-order valence-corrected chi connectivity index (χ3v) is 8.94. The van der Waals surface area contributed by atoms with Crippen LogP contribution in [0.5, 0.6) is 0 Å². The van der Waals surface area contributed by atoms with E-state index in [9.17, 15) is 13.2 Å². The molecule has 0 radical (unpaired) electrons. The van der Waals surface area contributed by atoms with Crippen molar-refractivity contribution in [2.45, 2.75) is 44.2 Å². The number of aryl methyl sites for hydroxylation is 2. The van der Waals surface area contributed by atoms with Gasteiger partial charge in [-0.25, -0.2) is 8.42 Å². The highest BCUT2D eigenvalue weighted by Gasteiger charge is 2.37. The molecule has 184 valence electrons. The van der Waals surface area contributed by atoms with Gasteiger partial charge in [0.25, 0.3) is 0 Å². The van der Waals surface area contributed by atoms with E-state index >= 15 is 0 Å². The summed E-state index contributed by atoms with van der Waals surface area (Å²) in [6.45, 7) is 8.82. The lowest BCUT2D eigenvalue weighted by atomic mass is 10.0. The molecular weight excluding hydrogens is 448 g/mol. The van der Waals surface area contributed by atoms with Gasteiger partial charge in [0.15, 0.2) is 0 Å². The maximum Gasteiger partial charge on any atom is 0.244 e. The molecule has 34 heavy (non-hydrogen) atoms. The smallest absolute Gasteiger partial charge is 0.244 e. The molecule has 0 unspecified atom stereocenters. The third-order valence-electron chi connectivity index (χ3n) is 6.90. The van der Waals surface area contributed by atoms with Gasteiger partial charge in [0, 0.05) is 51.9 Å². The molecule has 2 fully saturated rings. The fourth-order valence-corrected chi connectivity index (χ4v) is 6.82. The van der Waals surface area contributed by atoms with E-state index in [1.54, 1.807) is 11.0 Å². The number of hydrogen-bond donors (Lipinski definition) is 1. The summed E-state index contributed by atoms with van der Waals surface area (Å²) >= 11 is 0. The van der Waals surface area contributed by atoms with Crippen LogP contribution in [0.2, 0.25) is 0 Å². The van der Waals surface area contributed by atoms with E-state index in [0.29, 0.717) is 36.4 Å². The molecule has 7 nitrogen and oxygen atoms in total. The predicted molar refractivity (Wildman–Crippen MR) is 134 cm³/mol. The standard InChI is InChI=1S/C26H36N4O3S/c1-21-8-9-22(2)25(18-21)34(32,33)30(20-26(31)29-16-12-27-13-17-29)24-10-14-28(15-11-24)19-23-6-4-3-5-7-23/h3-9,18,24,27H,10-17,19-20H2,1-2H3. The Hall–Kier alpha value is -2.26. The lowest BCUT2D eigenvalue weighted by Crippen LogP contribution is -2.53. The number of rotatable bonds is 7. The second kappa shape index (κ2) is 11.0. The Bertz CT molecular complexity index is 1080. The van der Waals surface area contributed by atoms with E-state index in [-0.39, 0.29) is 18.5 Å². The maximum atomic E-state index is 13.9. The molecule has 1 amide bonds. The summed E-state index contributed by atoms with van der Waals surface area (Å²) in [6.07, 6.45) is 1.43. The zero-order valence-corrected chi connectivity index (χ0v) is 21.1. The van der Waals surface area contributed by atoms with Crippen molar-refractivity contribution < 1.29 is 13.2 Å². The van der Waals surface area contributed by atoms with Crippen molar-refractivity contribution in [3.05, 3.63) is 65.2 Å². The Morgan fingerprint density at radius 1 is 1.00 bits per heavy atom. The first kappa shape index (κ1) is 24.9. The number of benzene rings is 2. The van der Waals surface area contributed by atoms with Crippen LogP contribution in [0, 0.1) is 13.8 Å². The molecular formula is C26H36N4O3S. The summed E-state index contributed by atoms with van der Waals surface area (Å²) in [6, 6.07) is 15.7. The normalized spacial score (nSPS) is 18.4. The number of nitrogens with one attached hydrogen (secondary N) is 1. The quantitative estimate of drug-likeness (QED) is 0.653. The van der Waals surface area contributed by atoms with Crippen LogP contribution in [0.25, 0.3) is 0 Å². The number of carbonyl (C=O) groups is 1. The second-order valence-electron chi connectivity index (χ2n) is 9.44. The molecule has 0 atom stereocenters. The van der Waals surface area contributed by atoms with Crippen molar-refractivity contribution in [1.29, 1.82) is 0 Å². The minimum Gasteiger partial charge on any atom is -0.339 e. The summed E-state index contributed by atoms with van der Waals surface area (Å²) in [5, 5.41) is 3.25. The Morgan fingerprint density at radius 2 is 1.68 bits per heavy atom. The van der Waals surface area contributed by atoms with Gasteiger partial charge in [0.1, 0.15) is 0 Å². The van der Waals surface area contributed by atoms with Gasteiger partial charge in [-0.3, -0.25) is 9.69 Å². The summed E-state index contributed by atoms with van der Waals surface area (Å²) in [7, 11) is -3.81. The molecule has 0 aromatic heterocycles. The van der Waals surface area contributed by atoms with Crippen LogP contribution < -0.4 is 5.32 Å². The van der Waals surface area contributed by atoms with Crippen LogP contribution in [0.1, 0.15) is 29.5 Å². The molecule has 2 saturated heterocycles.